The standard InChI is InChI=1S/C25H25BrN2O4S/c1-15(29)22-19-14-21(33-12-11-27)23(28(19)24(22)30)25(31)32-20(17-5-3-2-4-6-17)13-16-7-9-18(26)10-8-16/h2-10,13,15,19,22,29H,11-12,14,27H2,1H3/b20-13+/t15-,19-,22-/m1/s1. The molecule has 0 saturated carbocycles. The largest absolute Gasteiger partial charge is 0.421 e. The number of nitrogens with zero attached hydrogens (tertiary/aromatic N) is 1. The van der Waals surface area contributed by atoms with Gasteiger partial charge in [-0.1, -0.05) is 58.4 Å². The smallest absolute Gasteiger partial charge is 0.361 e. The topological polar surface area (TPSA) is 92.9 Å². The number of ether oxygens (including phenoxy) is 1. The second-order valence-electron chi connectivity index (χ2n) is 7.97. The Morgan fingerprint density at radius 3 is 2.61 bits per heavy atom. The molecule has 0 spiro atoms. The van der Waals surface area contributed by atoms with Crippen molar-refractivity contribution >= 4 is 51.4 Å². The zero-order chi connectivity index (χ0) is 23.5. The third-order valence-electron chi connectivity index (χ3n) is 5.70. The monoisotopic (exact) mass is 528 g/mol. The fraction of sp³-hybridized carbons (Fsp3) is 0.280. The number of carbonyl (C=O) groups excluding carboxylic acids is 2. The number of benzene rings is 2. The third kappa shape index (κ3) is 4.94. The van der Waals surface area contributed by atoms with E-state index in [0.29, 0.717) is 24.5 Å². The van der Waals surface area contributed by atoms with E-state index in [1.807, 2.05) is 54.6 Å². The predicted octanol–water partition coefficient (Wildman–Crippen LogP) is 4.01. The van der Waals surface area contributed by atoms with Gasteiger partial charge in [-0.2, -0.15) is 0 Å². The van der Waals surface area contributed by atoms with Crippen molar-refractivity contribution in [2.24, 2.45) is 11.7 Å². The van der Waals surface area contributed by atoms with Crippen molar-refractivity contribution in [3.05, 3.63) is 80.8 Å². The van der Waals surface area contributed by atoms with Crippen molar-refractivity contribution in [3.8, 4) is 0 Å². The van der Waals surface area contributed by atoms with Gasteiger partial charge in [-0.25, -0.2) is 4.79 Å². The summed E-state index contributed by atoms with van der Waals surface area (Å²) in [7, 11) is 0. The molecule has 4 rings (SSSR count). The molecule has 0 radical (unpaired) electrons. The Morgan fingerprint density at radius 1 is 1.27 bits per heavy atom. The number of esters is 1. The number of nitrogens with two attached hydrogens (primary N) is 1. The van der Waals surface area contributed by atoms with Crippen molar-refractivity contribution in [1.29, 1.82) is 0 Å². The SMILES string of the molecule is C[C@@H](O)[C@H]1C(=O)N2C(C(=O)O/C(=C/c3ccc(Br)cc3)c3ccccc3)=C(SCCN)C[C@H]12. The molecule has 2 aromatic rings. The van der Waals surface area contributed by atoms with Gasteiger partial charge in [0.2, 0.25) is 5.91 Å². The van der Waals surface area contributed by atoms with Gasteiger partial charge in [0.1, 0.15) is 11.5 Å². The van der Waals surface area contributed by atoms with E-state index >= 15 is 0 Å². The van der Waals surface area contributed by atoms with Crippen LogP contribution >= 0.6 is 27.7 Å². The van der Waals surface area contributed by atoms with Gasteiger partial charge in [0, 0.05) is 33.7 Å². The molecule has 3 atom stereocenters. The normalized spacial score (nSPS) is 21.0. The van der Waals surface area contributed by atoms with Crippen LogP contribution in [-0.2, 0) is 14.3 Å². The zero-order valence-electron chi connectivity index (χ0n) is 18.1. The van der Waals surface area contributed by atoms with E-state index in [2.05, 4.69) is 15.9 Å². The number of thioether (sulfide) groups is 1. The van der Waals surface area contributed by atoms with Crippen LogP contribution < -0.4 is 5.73 Å². The van der Waals surface area contributed by atoms with Gasteiger partial charge >= 0.3 is 5.97 Å². The first-order chi connectivity index (χ1) is 15.9. The Morgan fingerprint density at radius 2 is 1.97 bits per heavy atom. The van der Waals surface area contributed by atoms with Crippen molar-refractivity contribution in [2.75, 3.05) is 12.3 Å². The third-order valence-corrected chi connectivity index (χ3v) is 7.38. The first kappa shape index (κ1) is 23.8. The Balaban J connectivity index is 1.66. The van der Waals surface area contributed by atoms with Gasteiger partial charge in [-0.05, 0) is 30.7 Å². The molecule has 1 saturated heterocycles. The average molecular weight is 529 g/mol. The summed E-state index contributed by atoms with van der Waals surface area (Å²) in [6, 6.07) is 16.8. The first-order valence-electron chi connectivity index (χ1n) is 10.7. The van der Waals surface area contributed by atoms with Crippen LogP contribution in [0.4, 0.5) is 0 Å². The highest BCUT2D eigenvalue weighted by Crippen LogP contribution is 2.47. The van der Waals surface area contributed by atoms with E-state index in [0.717, 1.165) is 20.5 Å². The molecule has 3 N–H and O–H groups in total. The van der Waals surface area contributed by atoms with Crippen LogP contribution in [0.3, 0.4) is 0 Å². The lowest BCUT2D eigenvalue weighted by Crippen LogP contribution is -2.61. The molecule has 2 aromatic carbocycles. The number of β-lactam (4-membered cyclic amide) rings is 1. The summed E-state index contributed by atoms with van der Waals surface area (Å²) in [6.07, 6.45) is 1.55. The Labute approximate surface area is 205 Å². The molecule has 0 unspecified atom stereocenters. The van der Waals surface area contributed by atoms with Crippen LogP contribution in [0.25, 0.3) is 11.8 Å². The highest BCUT2D eigenvalue weighted by atomic mass is 79.9. The number of aliphatic hydroxyl groups excluding tert-OH is 1. The molecule has 2 aliphatic heterocycles. The van der Waals surface area contributed by atoms with E-state index in [1.165, 1.54) is 16.7 Å². The van der Waals surface area contributed by atoms with Crippen LogP contribution in [0, 0.1) is 5.92 Å². The summed E-state index contributed by atoms with van der Waals surface area (Å²) < 4.78 is 6.86. The molecule has 2 aliphatic rings. The minimum atomic E-state index is -0.771. The van der Waals surface area contributed by atoms with Crippen LogP contribution in [0.2, 0.25) is 0 Å². The Bertz CT molecular complexity index is 1100. The highest BCUT2D eigenvalue weighted by Gasteiger charge is 2.57. The number of aliphatic hydroxyl groups is 1. The van der Waals surface area contributed by atoms with E-state index in [-0.39, 0.29) is 17.6 Å². The fourth-order valence-corrected chi connectivity index (χ4v) is 5.40. The molecule has 1 amide bonds. The molecular weight excluding hydrogens is 504 g/mol. The van der Waals surface area contributed by atoms with Crippen molar-refractivity contribution in [1.82, 2.24) is 4.90 Å². The van der Waals surface area contributed by atoms with E-state index < -0.39 is 18.0 Å². The zero-order valence-corrected chi connectivity index (χ0v) is 20.5. The maximum absolute atomic E-state index is 13.4. The lowest BCUT2D eigenvalue weighted by molar-refractivity contribution is -0.161. The average Bonchev–Trinajstić information content (AvgIpc) is 3.13. The summed E-state index contributed by atoms with van der Waals surface area (Å²) in [5, 5.41) is 10.0. The van der Waals surface area contributed by atoms with Crippen LogP contribution in [0.1, 0.15) is 24.5 Å². The number of fused-ring (bicyclic) bond motifs is 1. The number of hydrogen-bond acceptors (Lipinski definition) is 6. The Kier molecular flexibility index (Phi) is 7.38. The minimum Gasteiger partial charge on any atom is -0.421 e. The maximum atomic E-state index is 13.4. The predicted molar refractivity (Wildman–Crippen MR) is 134 cm³/mol. The van der Waals surface area contributed by atoms with Crippen molar-refractivity contribution in [2.45, 2.75) is 25.5 Å². The highest BCUT2D eigenvalue weighted by molar-refractivity contribution is 9.10. The van der Waals surface area contributed by atoms with E-state index in [9.17, 15) is 14.7 Å². The second kappa shape index (κ2) is 10.3. The number of rotatable bonds is 8. The summed E-state index contributed by atoms with van der Waals surface area (Å²) in [5.74, 6) is -0.316. The summed E-state index contributed by atoms with van der Waals surface area (Å²) in [5.41, 5.74) is 7.56. The molecule has 6 nitrogen and oxygen atoms in total. The quantitative estimate of drug-likeness (QED) is 0.233. The maximum Gasteiger partial charge on any atom is 0.361 e. The number of halogens is 1. The van der Waals surface area contributed by atoms with Gasteiger partial charge in [0.25, 0.3) is 0 Å². The van der Waals surface area contributed by atoms with Gasteiger partial charge < -0.3 is 20.5 Å². The molecule has 0 bridgehead atoms. The molecule has 8 heteroatoms. The fourth-order valence-electron chi connectivity index (χ4n) is 4.16. The van der Waals surface area contributed by atoms with Gasteiger partial charge in [0.05, 0.1) is 18.1 Å². The van der Waals surface area contributed by atoms with Crippen LogP contribution in [0.15, 0.2) is 69.7 Å². The van der Waals surface area contributed by atoms with Crippen LogP contribution in [0.5, 0.6) is 0 Å². The lowest BCUT2D eigenvalue weighted by atomic mass is 9.83. The first-order valence-corrected chi connectivity index (χ1v) is 12.5. The molecule has 33 heavy (non-hydrogen) atoms. The molecule has 172 valence electrons. The molecule has 2 heterocycles. The van der Waals surface area contributed by atoms with Crippen LogP contribution in [-0.4, -0.2) is 46.3 Å². The minimum absolute atomic E-state index is 0.226. The van der Waals surface area contributed by atoms with Gasteiger partial charge in [0.15, 0.2) is 0 Å². The summed E-state index contributed by atoms with van der Waals surface area (Å²) >= 11 is 4.90. The number of amides is 1. The van der Waals surface area contributed by atoms with E-state index in [4.69, 9.17) is 10.5 Å². The molecule has 0 aromatic heterocycles. The van der Waals surface area contributed by atoms with Crippen molar-refractivity contribution < 1.29 is 19.4 Å². The molecule has 1 fully saturated rings. The summed E-state index contributed by atoms with van der Waals surface area (Å²) in [4.78, 5) is 28.5. The Hall–Kier alpha value is -2.39. The molecular formula is C25H25BrN2O4S. The second-order valence-corrected chi connectivity index (χ2v) is 10.1. The lowest BCUT2D eigenvalue weighted by Gasteiger charge is -2.44. The van der Waals surface area contributed by atoms with Gasteiger partial charge in [-0.3, -0.25) is 4.79 Å². The van der Waals surface area contributed by atoms with E-state index in [1.54, 1.807) is 13.0 Å². The summed E-state index contributed by atoms with van der Waals surface area (Å²) in [6.45, 7) is 2.06. The van der Waals surface area contributed by atoms with Crippen molar-refractivity contribution in [3.63, 3.8) is 0 Å². The molecule has 0 aliphatic carbocycles. The number of carbonyl (C=O) groups is 2. The van der Waals surface area contributed by atoms with Gasteiger partial charge in [-0.15, -0.1) is 11.8 Å². The number of hydrogen-bond donors (Lipinski definition) is 2.